The van der Waals surface area contributed by atoms with E-state index in [1.165, 1.54) is 6.26 Å². The third-order valence-corrected chi connectivity index (χ3v) is 8.02. The second kappa shape index (κ2) is 10.0. The van der Waals surface area contributed by atoms with Gasteiger partial charge in [-0.1, -0.05) is 31.8 Å². The summed E-state index contributed by atoms with van der Waals surface area (Å²) in [5.74, 6) is 0.205. The minimum atomic E-state index is -0.726. The highest BCUT2D eigenvalue weighted by molar-refractivity contribution is 6.07. The molecule has 0 aromatic carbocycles. The second-order valence-electron chi connectivity index (χ2n) is 10.3. The highest BCUT2D eigenvalue weighted by atomic mass is 16.5. The molecule has 1 unspecified atom stereocenters. The summed E-state index contributed by atoms with van der Waals surface area (Å²) in [5, 5.41) is 12.7. The molecule has 3 N–H and O–H groups in total. The number of carbonyl (C=O) groups excluding carboxylic acids is 3. The topological polar surface area (TPSA) is 135 Å². The number of nitrogens with zero attached hydrogens (tertiary/aromatic N) is 2. The molecule has 2 aromatic rings. The second-order valence-corrected chi connectivity index (χ2v) is 10.3. The summed E-state index contributed by atoms with van der Waals surface area (Å²) in [6.45, 7) is 5.16. The van der Waals surface area contributed by atoms with Crippen LogP contribution in [0, 0.1) is 11.8 Å². The van der Waals surface area contributed by atoms with Gasteiger partial charge in [-0.3, -0.25) is 14.4 Å². The van der Waals surface area contributed by atoms with E-state index < -0.39 is 11.5 Å². The van der Waals surface area contributed by atoms with Crippen molar-refractivity contribution >= 4 is 29.2 Å². The molecule has 10 nitrogen and oxygen atoms in total. The summed E-state index contributed by atoms with van der Waals surface area (Å²) >= 11 is 0. The van der Waals surface area contributed by atoms with Crippen LogP contribution in [-0.2, 0) is 26.2 Å². The standard InChI is InChI=1S/C26H33N5O5/c1-3-19-17(14-36-31-19)23(32)30-22(16-6-4-15(2)5-7-16)24(33)29-21-12-20-18(13-27-21)26(25(34)28-20)8-10-35-11-9-26/h12-16,22H,3-11H2,1-2H3,(H,28,34)(H,30,32)(H,27,29,33). The van der Waals surface area contributed by atoms with Crippen molar-refractivity contribution in [1.82, 2.24) is 15.5 Å². The first-order chi connectivity index (χ1) is 17.4. The van der Waals surface area contributed by atoms with Crippen LogP contribution >= 0.6 is 0 Å². The lowest BCUT2D eigenvalue weighted by atomic mass is 9.76. The van der Waals surface area contributed by atoms with Gasteiger partial charge in [0.1, 0.15) is 23.7 Å². The molecule has 1 saturated carbocycles. The largest absolute Gasteiger partial charge is 0.381 e. The van der Waals surface area contributed by atoms with Gasteiger partial charge in [0.2, 0.25) is 11.8 Å². The lowest BCUT2D eigenvalue weighted by molar-refractivity contribution is -0.124. The average molecular weight is 496 g/mol. The van der Waals surface area contributed by atoms with Crippen molar-refractivity contribution in [2.24, 2.45) is 11.8 Å². The fraction of sp³-hybridized carbons (Fsp3) is 0.577. The monoisotopic (exact) mass is 495 g/mol. The maximum absolute atomic E-state index is 13.5. The zero-order valence-corrected chi connectivity index (χ0v) is 20.8. The number of pyridine rings is 1. The van der Waals surface area contributed by atoms with Crippen molar-refractivity contribution in [3.63, 3.8) is 0 Å². The first-order valence-corrected chi connectivity index (χ1v) is 12.9. The summed E-state index contributed by atoms with van der Waals surface area (Å²) in [6, 6.07) is 0.975. The minimum Gasteiger partial charge on any atom is -0.381 e. The van der Waals surface area contributed by atoms with Crippen molar-refractivity contribution in [2.75, 3.05) is 23.8 Å². The summed E-state index contributed by atoms with van der Waals surface area (Å²) in [5.41, 5.74) is 1.80. The van der Waals surface area contributed by atoms with Crippen LogP contribution in [0.5, 0.6) is 0 Å². The molecule has 2 fully saturated rings. The lowest BCUT2D eigenvalue weighted by Gasteiger charge is -2.32. The molecule has 4 heterocycles. The third-order valence-electron chi connectivity index (χ3n) is 8.02. The van der Waals surface area contributed by atoms with Gasteiger partial charge in [-0.25, -0.2) is 4.98 Å². The molecular weight excluding hydrogens is 462 g/mol. The van der Waals surface area contributed by atoms with Crippen LogP contribution in [0.1, 0.15) is 74.0 Å². The number of nitrogens with one attached hydrogen (secondary N) is 3. The number of amides is 3. The van der Waals surface area contributed by atoms with Crippen molar-refractivity contribution in [2.45, 2.75) is 70.3 Å². The van der Waals surface area contributed by atoms with Gasteiger partial charge in [-0.2, -0.15) is 0 Å². The predicted octanol–water partition coefficient (Wildman–Crippen LogP) is 3.20. The first-order valence-electron chi connectivity index (χ1n) is 12.9. The van der Waals surface area contributed by atoms with Gasteiger partial charge < -0.3 is 25.2 Å². The van der Waals surface area contributed by atoms with Crippen molar-refractivity contribution in [1.29, 1.82) is 0 Å². The van der Waals surface area contributed by atoms with Gasteiger partial charge in [-0.05, 0) is 43.9 Å². The maximum Gasteiger partial charge on any atom is 0.257 e. The lowest BCUT2D eigenvalue weighted by Crippen LogP contribution is -2.49. The molecule has 2 aromatic heterocycles. The van der Waals surface area contributed by atoms with E-state index in [0.29, 0.717) is 61.2 Å². The fourth-order valence-electron chi connectivity index (χ4n) is 5.73. The van der Waals surface area contributed by atoms with Crippen LogP contribution in [0.3, 0.4) is 0 Å². The Labute approximate surface area is 209 Å². The van der Waals surface area contributed by atoms with E-state index in [0.717, 1.165) is 31.2 Å². The fourth-order valence-corrected chi connectivity index (χ4v) is 5.73. The van der Waals surface area contributed by atoms with Crippen molar-refractivity contribution in [3.8, 4) is 0 Å². The van der Waals surface area contributed by atoms with Gasteiger partial charge in [0, 0.05) is 31.0 Å². The first kappa shape index (κ1) is 24.4. The Balaban J connectivity index is 1.35. The molecule has 36 heavy (non-hydrogen) atoms. The number of ether oxygens (including phenoxy) is 1. The van der Waals surface area contributed by atoms with E-state index in [4.69, 9.17) is 9.26 Å². The minimum absolute atomic E-state index is 0.00900. The molecule has 10 heteroatoms. The van der Waals surface area contributed by atoms with Crippen LogP contribution in [-0.4, -0.2) is 47.1 Å². The molecule has 3 amide bonds. The normalized spacial score (nSPS) is 23.6. The van der Waals surface area contributed by atoms with Gasteiger partial charge in [0.25, 0.3) is 5.91 Å². The molecule has 1 aliphatic carbocycles. The Morgan fingerprint density at radius 2 is 1.97 bits per heavy atom. The number of hydrogen-bond donors (Lipinski definition) is 3. The number of aromatic nitrogens is 2. The van der Waals surface area contributed by atoms with Gasteiger partial charge in [0.05, 0.1) is 16.8 Å². The summed E-state index contributed by atoms with van der Waals surface area (Å²) in [7, 11) is 0. The molecule has 192 valence electrons. The molecule has 1 atom stereocenters. The third kappa shape index (κ3) is 4.50. The van der Waals surface area contributed by atoms with Gasteiger partial charge in [0.15, 0.2) is 0 Å². The van der Waals surface area contributed by atoms with Crippen LogP contribution in [0.2, 0.25) is 0 Å². The van der Waals surface area contributed by atoms with Crippen molar-refractivity contribution < 1.29 is 23.6 Å². The number of rotatable bonds is 6. The smallest absolute Gasteiger partial charge is 0.257 e. The average Bonchev–Trinajstić information content (AvgIpc) is 3.46. The summed E-state index contributed by atoms with van der Waals surface area (Å²) in [6.07, 6.45) is 8.47. The molecular formula is C26H33N5O5. The highest BCUT2D eigenvalue weighted by Crippen LogP contribution is 2.44. The molecule has 0 radical (unpaired) electrons. The van der Waals surface area contributed by atoms with Gasteiger partial charge >= 0.3 is 0 Å². The zero-order chi connectivity index (χ0) is 25.3. The Morgan fingerprint density at radius 1 is 1.22 bits per heavy atom. The molecule has 3 aliphatic rings. The van der Waals surface area contributed by atoms with E-state index in [1.54, 1.807) is 12.3 Å². The Morgan fingerprint density at radius 3 is 2.69 bits per heavy atom. The van der Waals surface area contributed by atoms with Crippen LogP contribution < -0.4 is 16.0 Å². The van der Waals surface area contributed by atoms with E-state index >= 15 is 0 Å². The zero-order valence-electron chi connectivity index (χ0n) is 20.8. The Bertz CT molecular complexity index is 1150. The number of carbonyl (C=O) groups is 3. The quantitative estimate of drug-likeness (QED) is 0.560. The van der Waals surface area contributed by atoms with Crippen LogP contribution in [0.15, 0.2) is 23.0 Å². The molecule has 5 rings (SSSR count). The van der Waals surface area contributed by atoms with E-state index in [2.05, 4.69) is 33.0 Å². The summed E-state index contributed by atoms with van der Waals surface area (Å²) < 4.78 is 10.4. The Kier molecular flexibility index (Phi) is 6.79. The Hall–Kier alpha value is -3.27. The van der Waals surface area contributed by atoms with Gasteiger partial charge in [-0.15, -0.1) is 0 Å². The van der Waals surface area contributed by atoms with E-state index in [9.17, 15) is 14.4 Å². The highest BCUT2D eigenvalue weighted by Gasteiger charge is 2.48. The predicted molar refractivity (Wildman–Crippen MR) is 131 cm³/mol. The van der Waals surface area contributed by atoms with E-state index in [1.807, 2.05) is 6.92 Å². The maximum atomic E-state index is 13.5. The molecule has 1 spiro atoms. The van der Waals surface area contributed by atoms with E-state index in [-0.39, 0.29) is 23.6 Å². The molecule has 2 aliphatic heterocycles. The van der Waals surface area contributed by atoms with Crippen LogP contribution in [0.4, 0.5) is 11.5 Å². The number of fused-ring (bicyclic) bond motifs is 2. The number of hydrogen-bond acceptors (Lipinski definition) is 7. The molecule has 0 bridgehead atoms. The summed E-state index contributed by atoms with van der Waals surface area (Å²) in [4.78, 5) is 43.9. The van der Waals surface area contributed by atoms with Crippen LogP contribution in [0.25, 0.3) is 0 Å². The van der Waals surface area contributed by atoms with Crippen molar-refractivity contribution in [3.05, 3.63) is 35.3 Å². The number of anilines is 2. The molecule has 1 saturated heterocycles. The number of aryl methyl sites for hydroxylation is 1. The SMILES string of the molecule is CCc1nocc1C(=O)NC(C(=O)Nc1cc2c(cn1)C1(CCOCC1)C(=O)N2)C1CCC(C)CC1.